The van der Waals surface area contributed by atoms with Crippen molar-refractivity contribution in [2.75, 3.05) is 6.61 Å². The summed E-state index contributed by atoms with van der Waals surface area (Å²) < 4.78 is 0. The molecule has 1 amide bonds. The molecule has 0 saturated heterocycles. The second-order valence-electron chi connectivity index (χ2n) is 6.58. The smallest absolute Gasteiger partial charge is 0.220 e. The lowest BCUT2D eigenvalue weighted by atomic mass is 9.85. The molecule has 2 aliphatic rings. The van der Waals surface area contributed by atoms with E-state index in [1.807, 2.05) is 12.1 Å². The first-order chi connectivity index (χ1) is 10.7. The minimum Gasteiger partial charge on any atom is -0.396 e. The number of carbonyl (C=O) groups excluding carboxylic acids is 1. The van der Waals surface area contributed by atoms with E-state index in [0.29, 0.717) is 30.2 Å². The number of aliphatic hydroxyl groups is 1. The highest BCUT2D eigenvalue weighted by Gasteiger charge is 2.47. The predicted octanol–water partition coefficient (Wildman–Crippen LogP) is 2.01. The number of benzene rings is 1. The number of aryl methyl sites for hydroxylation is 1. The van der Waals surface area contributed by atoms with Crippen LogP contribution in [0.25, 0.3) is 0 Å². The van der Waals surface area contributed by atoms with E-state index in [2.05, 4.69) is 11.4 Å². The van der Waals surface area contributed by atoms with E-state index in [-0.39, 0.29) is 24.5 Å². The molecule has 4 unspecified atom stereocenters. The molecule has 2 bridgehead atoms. The molecular weight excluding hydrogens is 276 g/mol. The first-order valence-corrected chi connectivity index (χ1v) is 8.10. The Bertz CT molecular complexity index is 576. The summed E-state index contributed by atoms with van der Waals surface area (Å²) in [4.78, 5) is 12.2. The summed E-state index contributed by atoms with van der Waals surface area (Å²) in [5.74, 6) is 1.47. The third-order valence-corrected chi connectivity index (χ3v) is 5.35. The molecule has 4 nitrogen and oxygen atoms in total. The Hall–Kier alpha value is -1.86. The van der Waals surface area contributed by atoms with Gasteiger partial charge in [-0.15, -0.1) is 0 Å². The van der Waals surface area contributed by atoms with E-state index in [1.54, 1.807) is 12.1 Å². The van der Waals surface area contributed by atoms with Gasteiger partial charge in [0.1, 0.15) is 0 Å². The summed E-state index contributed by atoms with van der Waals surface area (Å²) in [5, 5.41) is 21.5. The van der Waals surface area contributed by atoms with Crippen LogP contribution in [0.1, 0.15) is 36.8 Å². The Morgan fingerprint density at radius 1 is 1.27 bits per heavy atom. The molecule has 22 heavy (non-hydrogen) atoms. The fourth-order valence-electron chi connectivity index (χ4n) is 4.16. The first-order valence-electron chi connectivity index (χ1n) is 8.10. The Labute approximate surface area is 131 Å². The largest absolute Gasteiger partial charge is 0.396 e. The zero-order valence-corrected chi connectivity index (χ0v) is 12.7. The van der Waals surface area contributed by atoms with E-state index in [4.69, 9.17) is 5.26 Å². The van der Waals surface area contributed by atoms with Gasteiger partial charge in [0, 0.05) is 25.0 Å². The van der Waals surface area contributed by atoms with Crippen LogP contribution in [0, 0.1) is 29.1 Å². The van der Waals surface area contributed by atoms with Gasteiger partial charge < -0.3 is 10.4 Å². The molecule has 2 fully saturated rings. The standard InChI is InChI=1S/C18H22N2O2/c19-10-13-3-1-12(2-4-13)5-8-17(22)20-18-15-7-6-14(9-15)16(18)11-21/h1-4,14-16,18,21H,5-9,11H2,(H,20,22). The summed E-state index contributed by atoms with van der Waals surface area (Å²) >= 11 is 0. The lowest BCUT2D eigenvalue weighted by molar-refractivity contribution is -0.122. The molecule has 2 aliphatic carbocycles. The van der Waals surface area contributed by atoms with Crippen molar-refractivity contribution in [3.8, 4) is 6.07 Å². The maximum atomic E-state index is 12.2. The highest BCUT2D eigenvalue weighted by Crippen LogP contribution is 2.48. The zero-order valence-electron chi connectivity index (χ0n) is 12.7. The number of nitrogens with one attached hydrogen (secondary N) is 1. The van der Waals surface area contributed by atoms with Crippen LogP contribution in [-0.2, 0) is 11.2 Å². The van der Waals surface area contributed by atoms with Crippen LogP contribution in [0.2, 0.25) is 0 Å². The molecule has 116 valence electrons. The maximum absolute atomic E-state index is 12.2. The molecule has 0 aromatic heterocycles. The molecule has 4 atom stereocenters. The second kappa shape index (κ2) is 6.50. The van der Waals surface area contributed by atoms with Crippen LogP contribution >= 0.6 is 0 Å². The summed E-state index contributed by atoms with van der Waals surface area (Å²) in [5.41, 5.74) is 1.71. The number of rotatable bonds is 5. The molecule has 2 N–H and O–H groups in total. The van der Waals surface area contributed by atoms with Crippen molar-refractivity contribution >= 4 is 5.91 Å². The van der Waals surface area contributed by atoms with Gasteiger partial charge in [0.05, 0.1) is 11.6 Å². The lowest BCUT2D eigenvalue weighted by Gasteiger charge is -2.30. The highest BCUT2D eigenvalue weighted by molar-refractivity contribution is 5.76. The van der Waals surface area contributed by atoms with Gasteiger partial charge in [-0.2, -0.15) is 5.26 Å². The van der Waals surface area contributed by atoms with Crippen LogP contribution in [0.4, 0.5) is 0 Å². The zero-order chi connectivity index (χ0) is 15.5. The highest BCUT2D eigenvalue weighted by atomic mass is 16.3. The van der Waals surface area contributed by atoms with Gasteiger partial charge in [0.25, 0.3) is 0 Å². The Morgan fingerprint density at radius 3 is 2.68 bits per heavy atom. The fourth-order valence-corrected chi connectivity index (χ4v) is 4.16. The van der Waals surface area contributed by atoms with Gasteiger partial charge in [-0.1, -0.05) is 12.1 Å². The van der Waals surface area contributed by atoms with E-state index < -0.39 is 0 Å². The van der Waals surface area contributed by atoms with Crippen LogP contribution in [0.15, 0.2) is 24.3 Å². The molecule has 0 radical (unpaired) electrons. The number of aliphatic hydroxyl groups excluding tert-OH is 1. The quantitative estimate of drug-likeness (QED) is 0.873. The topological polar surface area (TPSA) is 73.1 Å². The number of hydrogen-bond acceptors (Lipinski definition) is 3. The third-order valence-electron chi connectivity index (χ3n) is 5.35. The summed E-state index contributed by atoms with van der Waals surface area (Å²) in [7, 11) is 0. The number of amides is 1. The van der Waals surface area contributed by atoms with E-state index >= 15 is 0 Å². The lowest BCUT2D eigenvalue weighted by Crippen LogP contribution is -2.45. The van der Waals surface area contributed by atoms with Crippen molar-refractivity contribution in [1.82, 2.24) is 5.32 Å². The van der Waals surface area contributed by atoms with Crippen molar-refractivity contribution in [2.45, 2.75) is 38.1 Å². The van der Waals surface area contributed by atoms with Gasteiger partial charge in [-0.05, 0) is 55.2 Å². The maximum Gasteiger partial charge on any atom is 0.220 e. The minimum atomic E-state index is 0.0698. The Morgan fingerprint density at radius 2 is 2.00 bits per heavy atom. The van der Waals surface area contributed by atoms with Crippen molar-refractivity contribution in [3.05, 3.63) is 35.4 Å². The number of hydrogen-bond donors (Lipinski definition) is 2. The normalized spacial score (nSPS) is 29.3. The summed E-state index contributed by atoms with van der Waals surface area (Å²) in [6.45, 7) is 0.182. The number of nitrogens with zero attached hydrogens (tertiary/aromatic N) is 1. The number of fused-ring (bicyclic) bond motifs is 2. The van der Waals surface area contributed by atoms with Crippen LogP contribution in [-0.4, -0.2) is 23.7 Å². The third kappa shape index (κ3) is 3.00. The van der Waals surface area contributed by atoms with Gasteiger partial charge in [0.2, 0.25) is 5.91 Å². The average molecular weight is 298 g/mol. The van der Waals surface area contributed by atoms with Crippen LogP contribution < -0.4 is 5.32 Å². The van der Waals surface area contributed by atoms with Crippen LogP contribution in [0.3, 0.4) is 0 Å². The molecule has 0 spiro atoms. The van der Waals surface area contributed by atoms with E-state index in [0.717, 1.165) is 12.0 Å². The van der Waals surface area contributed by atoms with Gasteiger partial charge in [-0.3, -0.25) is 4.79 Å². The van der Waals surface area contributed by atoms with Gasteiger partial charge in [0.15, 0.2) is 0 Å². The summed E-state index contributed by atoms with van der Waals surface area (Å²) in [6, 6.07) is 9.63. The van der Waals surface area contributed by atoms with Crippen molar-refractivity contribution < 1.29 is 9.90 Å². The predicted molar refractivity (Wildman–Crippen MR) is 82.8 cm³/mol. The first kappa shape index (κ1) is 15.1. The molecule has 1 aromatic carbocycles. The van der Waals surface area contributed by atoms with Crippen molar-refractivity contribution in [3.63, 3.8) is 0 Å². The molecule has 3 rings (SSSR count). The molecule has 2 saturated carbocycles. The van der Waals surface area contributed by atoms with E-state index in [9.17, 15) is 9.90 Å². The van der Waals surface area contributed by atoms with Gasteiger partial charge in [-0.25, -0.2) is 0 Å². The van der Waals surface area contributed by atoms with Crippen LogP contribution in [0.5, 0.6) is 0 Å². The van der Waals surface area contributed by atoms with Crippen molar-refractivity contribution in [2.24, 2.45) is 17.8 Å². The number of carbonyl (C=O) groups is 1. The molecule has 4 heteroatoms. The van der Waals surface area contributed by atoms with Crippen molar-refractivity contribution in [1.29, 1.82) is 5.26 Å². The Kier molecular flexibility index (Phi) is 4.44. The average Bonchev–Trinajstić information content (AvgIpc) is 3.14. The fraction of sp³-hybridized carbons (Fsp3) is 0.556. The minimum absolute atomic E-state index is 0.0698. The molecule has 1 aromatic rings. The molecule has 0 heterocycles. The Balaban J connectivity index is 1.51. The second-order valence-corrected chi connectivity index (χ2v) is 6.58. The SMILES string of the molecule is N#Cc1ccc(CCC(=O)NC2C3CCC(C3)C2CO)cc1. The molecular formula is C18H22N2O2. The van der Waals surface area contributed by atoms with Gasteiger partial charge >= 0.3 is 0 Å². The monoisotopic (exact) mass is 298 g/mol. The van der Waals surface area contributed by atoms with E-state index in [1.165, 1.54) is 12.8 Å². The summed E-state index contributed by atoms with van der Waals surface area (Å²) in [6.07, 6.45) is 4.68. The molecule has 0 aliphatic heterocycles. The number of nitriles is 1.